The van der Waals surface area contributed by atoms with Gasteiger partial charge in [-0.25, -0.2) is 13.6 Å². The summed E-state index contributed by atoms with van der Waals surface area (Å²) in [7, 11) is -3.58. The molecule has 2 aliphatic rings. The molecule has 1 saturated heterocycles. The Bertz CT molecular complexity index is 710. The number of rotatable bonds is 4. The van der Waals surface area contributed by atoms with Gasteiger partial charge in [-0.1, -0.05) is 25.0 Å². The highest BCUT2D eigenvalue weighted by Gasteiger charge is 2.49. The van der Waals surface area contributed by atoms with Crippen molar-refractivity contribution in [3.63, 3.8) is 0 Å². The minimum atomic E-state index is -3.58. The van der Waals surface area contributed by atoms with Crippen LogP contribution >= 0.6 is 12.4 Å². The van der Waals surface area contributed by atoms with E-state index in [1.807, 2.05) is 0 Å². The Kier molecular flexibility index (Phi) is 5.91. The molecule has 6 nitrogen and oxygen atoms in total. The van der Waals surface area contributed by atoms with Gasteiger partial charge < -0.3 is 10.6 Å². The zero-order chi connectivity index (χ0) is 16.5. The zero-order valence-electron chi connectivity index (χ0n) is 13.5. The molecule has 2 atom stereocenters. The summed E-state index contributed by atoms with van der Waals surface area (Å²) >= 11 is 0. The molecule has 1 saturated carbocycles. The molecule has 2 fully saturated rings. The van der Waals surface area contributed by atoms with Crippen LogP contribution in [0.2, 0.25) is 0 Å². The molecule has 0 radical (unpaired) electrons. The molecule has 0 bridgehead atoms. The first kappa shape index (κ1) is 19.2. The zero-order valence-corrected chi connectivity index (χ0v) is 15.1. The molecule has 1 aromatic rings. The van der Waals surface area contributed by atoms with E-state index in [0.29, 0.717) is 17.2 Å². The van der Waals surface area contributed by atoms with Crippen molar-refractivity contribution in [2.45, 2.75) is 31.4 Å². The average Bonchev–Trinajstić information content (AvgIpc) is 2.91. The van der Waals surface area contributed by atoms with E-state index in [-0.39, 0.29) is 29.5 Å². The lowest BCUT2D eigenvalue weighted by atomic mass is 9.67. The highest BCUT2D eigenvalue weighted by atomic mass is 35.5. The number of amides is 1. The summed E-state index contributed by atoms with van der Waals surface area (Å²) in [4.78, 5) is 12.9. The molecule has 1 aliphatic carbocycles. The predicted octanol–water partition coefficient (Wildman–Crippen LogP) is 1.62. The van der Waals surface area contributed by atoms with E-state index in [0.717, 1.165) is 32.4 Å². The minimum absolute atomic E-state index is 0. The number of nitrogens with two attached hydrogens (primary N) is 1. The van der Waals surface area contributed by atoms with Crippen molar-refractivity contribution in [3.8, 4) is 0 Å². The molecule has 1 heterocycles. The van der Waals surface area contributed by atoms with E-state index >= 15 is 0 Å². The summed E-state index contributed by atoms with van der Waals surface area (Å²) in [5.74, 6) is 0.204. The van der Waals surface area contributed by atoms with E-state index in [4.69, 9.17) is 5.14 Å². The van der Waals surface area contributed by atoms with Crippen LogP contribution in [0.3, 0.4) is 0 Å². The average molecular weight is 374 g/mol. The normalized spacial score (nSPS) is 26.3. The van der Waals surface area contributed by atoms with Crippen molar-refractivity contribution in [3.05, 3.63) is 29.8 Å². The fourth-order valence-corrected chi connectivity index (χ4v) is 4.56. The van der Waals surface area contributed by atoms with Gasteiger partial charge in [-0.3, -0.25) is 4.79 Å². The highest BCUT2D eigenvalue weighted by molar-refractivity contribution is 7.88. The van der Waals surface area contributed by atoms with E-state index in [2.05, 4.69) is 10.6 Å². The van der Waals surface area contributed by atoms with Crippen molar-refractivity contribution >= 4 is 34.0 Å². The first-order valence-electron chi connectivity index (χ1n) is 8.01. The first-order chi connectivity index (χ1) is 10.9. The molecule has 0 spiro atoms. The number of sulfonamides is 1. The quantitative estimate of drug-likeness (QED) is 0.746. The largest absolute Gasteiger partial charge is 0.326 e. The van der Waals surface area contributed by atoms with Crippen molar-refractivity contribution < 1.29 is 13.2 Å². The maximum Gasteiger partial charge on any atom is 0.232 e. The number of carbonyl (C=O) groups is 1. The summed E-state index contributed by atoms with van der Waals surface area (Å²) in [6, 6.07) is 6.89. The van der Waals surface area contributed by atoms with Crippen molar-refractivity contribution in [2.24, 2.45) is 16.5 Å². The van der Waals surface area contributed by atoms with Gasteiger partial charge >= 0.3 is 0 Å². The van der Waals surface area contributed by atoms with Crippen LogP contribution < -0.4 is 15.8 Å². The molecule has 0 aromatic heterocycles. The van der Waals surface area contributed by atoms with Gasteiger partial charge in [-0.05, 0) is 43.0 Å². The van der Waals surface area contributed by atoms with E-state index in [1.165, 1.54) is 6.42 Å². The lowest BCUT2D eigenvalue weighted by molar-refractivity contribution is -0.128. The number of benzene rings is 1. The van der Waals surface area contributed by atoms with Crippen LogP contribution in [0.1, 0.15) is 31.2 Å². The number of anilines is 1. The molecular formula is C16H24ClN3O3S. The Balaban J connectivity index is 0.00000208. The second-order valence-corrected chi connectivity index (χ2v) is 8.31. The maximum absolute atomic E-state index is 12.9. The van der Waals surface area contributed by atoms with Gasteiger partial charge in [-0.15, -0.1) is 12.4 Å². The molecular weight excluding hydrogens is 350 g/mol. The molecule has 1 amide bonds. The minimum Gasteiger partial charge on any atom is -0.326 e. The standard InChI is InChI=1S/C16H23N3O3S.ClH/c17-23(21,22)10-12-4-3-6-14(8-12)19-15(20)16-7-2-1-5-13(16)9-18-11-16;/h3-4,6,8,13,18H,1-2,5,7,9-11H2,(H,19,20)(H2,17,21,22);1H/t13-,16+;/m0./s1. The van der Waals surface area contributed by atoms with Gasteiger partial charge in [0.25, 0.3) is 0 Å². The Morgan fingerprint density at radius 1 is 1.38 bits per heavy atom. The van der Waals surface area contributed by atoms with Crippen LogP contribution in [0.5, 0.6) is 0 Å². The number of carbonyl (C=O) groups excluding carboxylic acids is 1. The molecule has 0 unspecified atom stereocenters. The van der Waals surface area contributed by atoms with Crippen LogP contribution in [-0.4, -0.2) is 27.4 Å². The van der Waals surface area contributed by atoms with Crippen molar-refractivity contribution in [1.29, 1.82) is 0 Å². The van der Waals surface area contributed by atoms with Gasteiger partial charge in [0, 0.05) is 12.2 Å². The Labute approximate surface area is 149 Å². The smallest absolute Gasteiger partial charge is 0.232 e. The Morgan fingerprint density at radius 2 is 2.17 bits per heavy atom. The molecule has 1 aliphatic heterocycles. The summed E-state index contributed by atoms with van der Waals surface area (Å²) in [6.07, 6.45) is 4.27. The third kappa shape index (κ3) is 4.08. The number of halogens is 1. The summed E-state index contributed by atoms with van der Waals surface area (Å²) in [5, 5.41) is 11.4. The molecule has 8 heteroatoms. The molecule has 1 aromatic carbocycles. The fourth-order valence-electron chi connectivity index (χ4n) is 3.92. The third-order valence-electron chi connectivity index (χ3n) is 5.04. The molecule has 24 heavy (non-hydrogen) atoms. The number of hydrogen-bond donors (Lipinski definition) is 3. The number of fused-ring (bicyclic) bond motifs is 1. The van der Waals surface area contributed by atoms with Crippen LogP contribution in [0.25, 0.3) is 0 Å². The monoisotopic (exact) mass is 373 g/mol. The number of hydrogen-bond acceptors (Lipinski definition) is 4. The van der Waals surface area contributed by atoms with Crippen molar-refractivity contribution in [2.75, 3.05) is 18.4 Å². The summed E-state index contributed by atoms with van der Waals surface area (Å²) in [6.45, 7) is 1.62. The topological polar surface area (TPSA) is 101 Å². The highest BCUT2D eigenvalue weighted by Crippen LogP contribution is 2.44. The second kappa shape index (κ2) is 7.39. The maximum atomic E-state index is 12.9. The molecule has 3 rings (SSSR count). The van der Waals surface area contributed by atoms with Crippen LogP contribution in [-0.2, 0) is 20.6 Å². The van der Waals surface area contributed by atoms with Gasteiger partial charge in [0.1, 0.15) is 0 Å². The SMILES string of the molecule is Cl.NS(=O)(=O)Cc1cccc(NC(=O)[C@@]23CCCC[C@H]2CNC3)c1. The molecule has 4 N–H and O–H groups in total. The lowest BCUT2D eigenvalue weighted by Gasteiger charge is -2.37. The first-order valence-corrected chi connectivity index (χ1v) is 9.72. The van der Waals surface area contributed by atoms with Crippen LogP contribution in [0.4, 0.5) is 5.69 Å². The summed E-state index contributed by atoms with van der Waals surface area (Å²) in [5.41, 5.74) is 0.878. The molecule has 134 valence electrons. The fraction of sp³-hybridized carbons (Fsp3) is 0.562. The Hall–Kier alpha value is -1.15. The van der Waals surface area contributed by atoms with E-state index in [9.17, 15) is 13.2 Å². The number of nitrogens with one attached hydrogen (secondary N) is 2. The number of primary sulfonamides is 1. The van der Waals surface area contributed by atoms with Gasteiger partial charge in [0.15, 0.2) is 0 Å². The van der Waals surface area contributed by atoms with Gasteiger partial charge in [0.05, 0.1) is 11.2 Å². The third-order valence-corrected chi connectivity index (χ3v) is 5.78. The Morgan fingerprint density at radius 3 is 2.92 bits per heavy atom. The predicted molar refractivity (Wildman–Crippen MR) is 96.4 cm³/mol. The lowest BCUT2D eigenvalue weighted by Crippen LogP contribution is -2.44. The van der Waals surface area contributed by atoms with Crippen molar-refractivity contribution in [1.82, 2.24) is 5.32 Å². The second-order valence-electron chi connectivity index (χ2n) is 6.69. The van der Waals surface area contributed by atoms with E-state index < -0.39 is 10.0 Å². The van der Waals surface area contributed by atoms with E-state index in [1.54, 1.807) is 24.3 Å². The van der Waals surface area contributed by atoms with Crippen LogP contribution in [0, 0.1) is 11.3 Å². The van der Waals surface area contributed by atoms with Gasteiger partial charge in [0.2, 0.25) is 15.9 Å². The van der Waals surface area contributed by atoms with Gasteiger partial charge in [-0.2, -0.15) is 0 Å². The van der Waals surface area contributed by atoms with Crippen LogP contribution in [0.15, 0.2) is 24.3 Å². The summed E-state index contributed by atoms with van der Waals surface area (Å²) < 4.78 is 22.4.